The Bertz CT molecular complexity index is 505. The molecule has 20 heavy (non-hydrogen) atoms. The van der Waals surface area contributed by atoms with Gasteiger partial charge in [-0.1, -0.05) is 0 Å². The van der Waals surface area contributed by atoms with Crippen LogP contribution in [0.5, 0.6) is 0 Å². The number of likely N-dealkylation sites (tertiary alicyclic amines) is 1. The molecule has 0 bridgehead atoms. The summed E-state index contributed by atoms with van der Waals surface area (Å²) in [6, 6.07) is -1.10. The topological polar surface area (TPSA) is 115 Å². The quantitative estimate of drug-likeness (QED) is 0.673. The van der Waals surface area contributed by atoms with Crippen molar-refractivity contribution in [2.75, 3.05) is 31.1 Å². The van der Waals surface area contributed by atoms with Crippen LogP contribution < -0.4 is 0 Å². The number of aliphatic hydroxyl groups excluding tert-OH is 1. The fraction of sp³-hybridized carbons (Fsp3) is 0.818. The first-order chi connectivity index (χ1) is 9.28. The molecule has 0 radical (unpaired) electrons. The number of nitrogens with zero attached hydrogens (tertiary/aromatic N) is 2. The van der Waals surface area contributed by atoms with Gasteiger partial charge >= 0.3 is 12.0 Å². The van der Waals surface area contributed by atoms with Crippen molar-refractivity contribution in [3.05, 3.63) is 0 Å². The molecular formula is C11H18N2O6S. The second-order valence-electron chi connectivity index (χ2n) is 5.25. The van der Waals surface area contributed by atoms with Gasteiger partial charge in [0.25, 0.3) is 0 Å². The van der Waals surface area contributed by atoms with Crippen LogP contribution in [0.3, 0.4) is 0 Å². The standard InChI is InChI=1S/C11H18N2O6S/c14-9-1-3-12(5-9)11(17)13(6-10(15)16)8-2-4-20(18,19)7-8/h8-9,14H,1-7H2,(H,15,16). The number of sulfone groups is 1. The third-order valence-electron chi connectivity index (χ3n) is 3.63. The maximum absolute atomic E-state index is 12.3. The Labute approximate surface area is 116 Å². The zero-order valence-corrected chi connectivity index (χ0v) is 11.8. The van der Waals surface area contributed by atoms with Gasteiger partial charge in [0.15, 0.2) is 9.84 Å². The van der Waals surface area contributed by atoms with Crippen LogP contribution in [0.25, 0.3) is 0 Å². The molecule has 0 aliphatic carbocycles. The third-order valence-corrected chi connectivity index (χ3v) is 5.38. The molecule has 8 nitrogen and oxygen atoms in total. The van der Waals surface area contributed by atoms with Crippen molar-refractivity contribution in [2.45, 2.75) is 25.0 Å². The molecule has 9 heteroatoms. The van der Waals surface area contributed by atoms with E-state index < -0.39 is 40.5 Å². The van der Waals surface area contributed by atoms with Crippen LogP contribution in [0.4, 0.5) is 4.79 Å². The molecule has 2 heterocycles. The molecule has 2 amide bonds. The van der Waals surface area contributed by atoms with Gasteiger partial charge in [-0.25, -0.2) is 13.2 Å². The van der Waals surface area contributed by atoms with Gasteiger partial charge in [0.05, 0.1) is 17.6 Å². The summed E-state index contributed by atoms with van der Waals surface area (Å²) >= 11 is 0. The smallest absolute Gasteiger partial charge is 0.323 e. The first-order valence-electron chi connectivity index (χ1n) is 6.44. The number of urea groups is 1. The molecule has 0 aromatic heterocycles. The highest BCUT2D eigenvalue weighted by molar-refractivity contribution is 7.91. The van der Waals surface area contributed by atoms with E-state index in [0.29, 0.717) is 13.0 Å². The van der Waals surface area contributed by atoms with Gasteiger partial charge in [0, 0.05) is 19.1 Å². The lowest BCUT2D eigenvalue weighted by Gasteiger charge is -2.30. The minimum atomic E-state index is -3.20. The van der Waals surface area contributed by atoms with Gasteiger partial charge in [0.1, 0.15) is 6.54 Å². The minimum Gasteiger partial charge on any atom is -0.480 e. The Balaban J connectivity index is 2.11. The summed E-state index contributed by atoms with van der Waals surface area (Å²) in [5, 5.41) is 18.3. The first kappa shape index (κ1) is 15.0. The number of rotatable bonds is 3. The largest absolute Gasteiger partial charge is 0.480 e. The van der Waals surface area contributed by atoms with Crippen molar-refractivity contribution >= 4 is 21.8 Å². The summed E-state index contributed by atoms with van der Waals surface area (Å²) < 4.78 is 23.0. The molecule has 2 saturated heterocycles. The highest BCUT2D eigenvalue weighted by Gasteiger charge is 2.38. The fourth-order valence-electron chi connectivity index (χ4n) is 2.62. The first-order valence-corrected chi connectivity index (χ1v) is 8.26. The average Bonchev–Trinajstić information content (AvgIpc) is 2.91. The van der Waals surface area contributed by atoms with E-state index in [1.54, 1.807) is 0 Å². The summed E-state index contributed by atoms with van der Waals surface area (Å²) in [6.07, 6.45) is 0.117. The number of carbonyl (C=O) groups is 2. The molecule has 2 N–H and O–H groups in total. The Morgan fingerprint density at radius 1 is 1.30 bits per heavy atom. The normalized spacial score (nSPS) is 28.6. The number of amides is 2. The zero-order chi connectivity index (χ0) is 14.9. The van der Waals surface area contributed by atoms with Crippen molar-refractivity contribution in [1.29, 1.82) is 0 Å². The predicted octanol–water partition coefficient (Wildman–Crippen LogP) is -1.25. The van der Waals surface area contributed by atoms with Gasteiger partial charge in [0.2, 0.25) is 0 Å². The van der Waals surface area contributed by atoms with Gasteiger partial charge in [-0.2, -0.15) is 0 Å². The Morgan fingerprint density at radius 3 is 2.45 bits per heavy atom. The van der Waals surface area contributed by atoms with Crippen LogP contribution in [-0.2, 0) is 14.6 Å². The molecule has 2 aliphatic rings. The lowest BCUT2D eigenvalue weighted by molar-refractivity contribution is -0.138. The fourth-order valence-corrected chi connectivity index (χ4v) is 4.35. The lowest BCUT2D eigenvalue weighted by atomic mass is 10.2. The molecule has 2 atom stereocenters. The number of hydrogen-bond donors (Lipinski definition) is 2. The molecular weight excluding hydrogens is 288 g/mol. The third kappa shape index (κ3) is 3.40. The van der Waals surface area contributed by atoms with E-state index in [0.717, 1.165) is 4.90 Å². The molecule has 2 aliphatic heterocycles. The van der Waals surface area contributed by atoms with Crippen LogP contribution in [0.15, 0.2) is 0 Å². The SMILES string of the molecule is O=C(O)CN(C(=O)N1CCC(O)C1)C1CCS(=O)(=O)C1. The second-order valence-corrected chi connectivity index (χ2v) is 7.48. The van der Waals surface area contributed by atoms with E-state index in [2.05, 4.69) is 0 Å². The highest BCUT2D eigenvalue weighted by Crippen LogP contribution is 2.21. The van der Waals surface area contributed by atoms with Gasteiger partial charge in [-0.15, -0.1) is 0 Å². The monoisotopic (exact) mass is 306 g/mol. The Kier molecular flexibility index (Phi) is 4.19. The van der Waals surface area contributed by atoms with Crippen molar-refractivity contribution < 1.29 is 28.2 Å². The van der Waals surface area contributed by atoms with E-state index >= 15 is 0 Å². The molecule has 0 aromatic carbocycles. The molecule has 0 aromatic rings. The highest BCUT2D eigenvalue weighted by atomic mass is 32.2. The summed E-state index contributed by atoms with van der Waals surface area (Å²) in [4.78, 5) is 25.7. The Morgan fingerprint density at radius 2 is 2.00 bits per heavy atom. The van der Waals surface area contributed by atoms with Crippen molar-refractivity contribution in [1.82, 2.24) is 9.80 Å². The lowest BCUT2D eigenvalue weighted by Crippen LogP contribution is -2.50. The van der Waals surface area contributed by atoms with E-state index in [1.165, 1.54) is 4.90 Å². The van der Waals surface area contributed by atoms with Gasteiger partial charge in [-0.3, -0.25) is 4.79 Å². The van der Waals surface area contributed by atoms with Crippen LogP contribution in [0.2, 0.25) is 0 Å². The molecule has 2 unspecified atom stereocenters. The number of carbonyl (C=O) groups excluding carboxylic acids is 1. The second kappa shape index (κ2) is 5.57. The molecule has 114 valence electrons. The minimum absolute atomic E-state index is 0.0241. The van der Waals surface area contributed by atoms with E-state index in [1.807, 2.05) is 0 Å². The number of aliphatic hydroxyl groups is 1. The van der Waals surface area contributed by atoms with Crippen molar-refractivity contribution in [3.63, 3.8) is 0 Å². The summed E-state index contributed by atoms with van der Waals surface area (Å²) in [6.45, 7) is -0.00434. The average molecular weight is 306 g/mol. The predicted molar refractivity (Wildman–Crippen MR) is 69.0 cm³/mol. The number of carboxylic acid groups (broad SMARTS) is 1. The number of β-amino-alcohol motifs (C(OH)–C–C–N with tert-alkyl or cyclic N) is 1. The van der Waals surface area contributed by atoms with Crippen LogP contribution in [0.1, 0.15) is 12.8 Å². The maximum atomic E-state index is 12.3. The van der Waals surface area contributed by atoms with Crippen molar-refractivity contribution in [3.8, 4) is 0 Å². The van der Waals surface area contributed by atoms with E-state index in [4.69, 9.17) is 5.11 Å². The van der Waals surface area contributed by atoms with Crippen LogP contribution >= 0.6 is 0 Å². The number of hydrogen-bond acceptors (Lipinski definition) is 5. The summed E-state index contributed by atoms with van der Waals surface area (Å²) in [5.41, 5.74) is 0. The number of aliphatic carboxylic acids is 1. The Hall–Kier alpha value is -1.35. The molecule has 0 saturated carbocycles. The molecule has 0 spiro atoms. The summed E-state index contributed by atoms with van der Waals surface area (Å²) in [5.74, 6) is -1.39. The number of carboxylic acids is 1. The van der Waals surface area contributed by atoms with Crippen LogP contribution in [-0.4, -0.2) is 83.7 Å². The van der Waals surface area contributed by atoms with Gasteiger partial charge in [-0.05, 0) is 12.8 Å². The zero-order valence-electron chi connectivity index (χ0n) is 10.9. The van der Waals surface area contributed by atoms with Gasteiger partial charge < -0.3 is 20.0 Å². The maximum Gasteiger partial charge on any atom is 0.323 e. The molecule has 2 fully saturated rings. The van der Waals surface area contributed by atoms with Crippen molar-refractivity contribution in [2.24, 2.45) is 0 Å². The van der Waals surface area contributed by atoms with Crippen LogP contribution in [0, 0.1) is 0 Å². The van der Waals surface area contributed by atoms with E-state index in [9.17, 15) is 23.1 Å². The van der Waals surface area contributed by atoms with E-state index in [-0.39, 0.29) is 24.5 Å². The summed E-state index contributed by atoms with van der Waals surface area (Å²) in [7, 11) is -3.20. The molecule has 2 rings (SSSR count).